The normalized spacial score (nSPS) is 15.7. The van der Waals surface area contributed by atoms with Gasteiger partial charge < -0.3 is 4.74 Å². The predicted octanol–water partition coefficient (Wildman–Crippen LogP) is -0.280. The molecule has 0 bridgehead atoms. The van der Waals surface area contributed by atoms with Crippen LogP contribution < -0.4 is 0 Å². The highest BCUT2D eigenvalue weighted by Crippen LogP contribution is 2.03. The number of hydrogen-bond acceptors (Lipinski definition) is 4. The van der Waals surface area contributed by atoms with Gasteiger partial charge in [-0.15, -0.1) is 0 Å². The van der Waals surface area contributed by atoms with Crippen molar-refractivity contribution in [3.8, 4) is 0 Å². The van der Waals surface area contributed by atoms with Gasteiger partial charge in [-0.1, -0.05) is 6.58 Å². The van der Waals surface area contributed by atoms with E-state index in [1.807, 2.05) is 0 Å². The minimum absolute atomic E-state index is 0.136. The van der Waals surface area contributed by atoms with Crippen molar-refractivity contribution < 1.29 is 19.1 Å². The molecule has 0 atom stereocenters. The molecule has 0 aromatic carbocycles. The number of nitrogens with zero attached hydrogens (tertiary/aromatic N) is 1. The number of rotatable bonds is 2. The van der Waals surface area contributed by atoms with Crippen LogP contribution in [0.25, 0.3) is 0 Å². The third kappa shape index (κ3) is 1.34. The zero-order valence-corrected chi connectivity index (χ0v) is 6.28. The zero-order chi connectivity index (χ0) is 9.14. The van der Waals surface area contributed by atoms with E-state index in [-0.39, 0.29) is 13.2 Å². The molecule has 0 N–H and O–H groups in total. The van der Waals surface area contributed by atoms with Gasteiger partial charge in [-0.25, -0.2) is 9.69 Å². The van der Waals surface area contributed by atoms with E-state index in [0.29, 0.717) is 0 Å². The standard InChI is InChI=1S/C7H7NO4/c1-2-5(9)6(10)8-3-4-12-7(8)11/h2H,1,3-4H2. The topological polar surface area (TPSA) is 63.7 Å². The molecule has 5 nitrogen and oxygen atoms in total. The molecule has 2 amide bonds. The Hall–Kier alpha value is -1.65. The summed E-state index contributed by atoms with van der Waals surface area (Å²) in [5.41, 5.74) is 0. The molecule has 12 heavy (non-hydrogen) atoms. The van der Waals surface area contributed by atoms with Gasteiger partial charge in [-0.3, -0.25) is 9.59 Å². The van der Waals surface area contributed by atoms with Gasteiger partial charge in [0, 0.05) is 0 Å². The lowest BCUT2D eigenvalue weighted by Crippen LogP contribution is -2.36. The molecule has 0 aliphatic carbocycles. The Morgan fingerprint density at radius 3 is 2.67 bits per heavy atom. The van der Waals surface area contributed by atoms with Crippen LogP contribution in [0.1, 0.15) is 0 Å². The highest BCUT2D eigenvalue weighted by molar-refractivity contribution is 6.42. The highest BCUT2D eigenvalue weighted by atomic mass is 16.6. The lowest BCUT2D eigenvalue weighted by Gasteiger charge is -2.06. The first-order chi connectivity index (χ1) is 5.66. The van der Waals surface area contributed by atoms with Gasteiger partial charge in [-0.05, 0) is 6.08 Å². The van der Waals surface area contributed by atoms with Crippen LogP contribution in [0.15, 0.2) is 12.7 Å². The molecule has 0 aromatic rings. The maximum absolute atomic E-state index is 11.0. The second-order valence-corrected chi connectivity index (χ2v) is 2.14. The van der Waals surface area contributed by atoms with Crippen LogP contribution in [0.4, 0.5) is 4.79 Å². The SMILES string of the molecule is C=CC(=O)C(=O)N1CCOC1=O. The molecular weight excluding hydrogens is 162 g/mol. The molecule has 0 saturated carbocycles. The third-order valence-electron chi connectivity index (χ3n) is 1.40. The average molecular weight is 169 g/mol. The fourth-order valence-corrected chi connectivity index (χ4v) is 0.798. The number of carbonyl (C=O) groups is 3. The number of ether oxygens (including phenoxy) is 1. The van der Waals surface area contributed by atoms with Gasteiger partial charge in [0.2, 0.25) is 5.78 Å². The van der Waals surface area contributed by atoms with Crippen molar-refractivity contribution in [2.45, 2.75) is 0 Å². The predicted molar refractivity (Wildman–Crippen MR) is 38.3 cm³/mol. The van der Waals surface area contributed by atoms with Gasteiger partial charge in [0.05, 0.1) is 6.54 Å². The fraction of sp³-hybridized carbons (Fsp3) is 0.286. The Morgan fingerprint density at radius 1 is 1.58 bits per heavy atom. The first-order valence-corrected chi connectivity index (χ1v) is 3.32. The van der Waals surface area contributed by atoms with Gasteiger partial charge >= 0.3 is 12.0 Å². The lowest BCUT2D eigenvalue weighted by atomic mass is 10.3. The Morgan fingerprint density at radius 2 is 2.25 bits per heavy atom. The summed E-state index contributed by atoms with van der Waals surface area (Å²) in [7, 11) is 0. The van der Waals surface area contributed by atoms with Crippen molar-refractivity contribution in [2.75, 3.05) is 13.2 Å². The summed E-state index contributed by atoms with van der Waals surface area (Å²) in [6.07, 6.45) is 0.101. The summed E-state index contributed by atoms with van der Waals surface area (Å²) in [5, 5.41) is 0. The van der Waals surface area contributed by atoms with Crippen LogP contribution in [-0.2, 0) is 14.3 Å². The summed E-state index contributed by atoms with van der Waals surface area (Å²) in [5.74, 6) is -1.68. The second-order valence-electron chi connectivity index (χ2n) is 2.14. The first-order valence-electron chi connectivity index (χ1n) is 3.32. The van der Waals surface area contributed by atoms with Gasteiger partial charge in [-0.2, -0.15) is 0 Å². The monoisotopic (exact) mass is 169 g/mol. The molecule has 64 valence electrons. The molecule has 1 heterocycles. The molecule has 1 saturated heterocycles. The highest BCUT2D eigenvalue weighted by Gasteiger charge is 2.31. The Kier molecular flexibility index (Phi) is 2.23. The van der Waals surface area contributed by atoms with Crippen molar-refractivity contribution in [3.63, 3.8) is 0 Å². The Labute approximate surface area is 68.6 Å². The van der Waals surface area contributed by atoms with Crippen molar-refractivity contribution in [3.05, 3.63) is 12.7 Å². The van der Waals surface area contributed by atoms with E-state index in [1.54, 1.807) is 0 Å². The van der Waals surface area contributed by atoms with E-state index < -0.39 is 17.8 Å². The molecule has 5 heteroatoms. The van der Waals surface area contributed by atoms with Crippen LogP contribution in [-0.4, -0.2) is 35.8 Å². The van der Waals surface area contributed by atoms with Crippen molar-refractivity contribution >= 4 is 17.8 Å². The summed E-state index contributed by atoms with van der Waals surface area (Å²) < 4.78 is 4.46. The largest absolute Gasteiger partial charge is 0.447 e. The molecule has 0 radical (unpaired) electrons. The molecular formula is C7H7NO4. The molecule has 1 aliphatic heterocycles. The number of amides is 2. The molecule has 1 fully saturated rings. The third-order valence-corrected chi connectivity index (χ3v) is 1.40. The van der Waals surface area contributed by atoms with E-state index in [2.05, 4.69) is 11.3 Å². The summed E-state index contributed by atoms with van der Waals surface area (Å²) in [4.78, 5) is 33.2. The number of ketones is 1. The van der Waals surface area contributed by atoms with E-state index in [1.165, 1.54) is 0 Å². The maximum atomic E-state index is 11.0. The quantitative estimate of drug-likeness (QED) is 0.421. The van der Waals surface area contributed by atoms with Crippen LogP contribution in [0, 0.1) is 0 Å². The number of cyclic esters (lactones) is 1. The maximum Gasteiger partial charge on any atom is 0.417 e. The zero-order valence-electron chi connectivity index (χ0n) is 6.28. The fourth-order valence-electron chi connectivity index (χ4n) is 0.798. The molecule has 1 rings (SSSR count). The van der Waals surface area contributed by atoms with E-state index in [9.17, 15) is 14.4 Å². The summed E-state index contributed by atoms with van der Waals surface area (Å²) in [6.45, 7) is 3.41. The molecule has 0 aromatic heterocycles. The van der Waals surface area contributed by atoms with Crippen molar-refractivity contribution in [1.29, 1.82) is 0 Å². The van der Waals surface area contributed by atoms with E-state index >= 15 is 0 Å². The van der Waals surface area contributed by atoms with Gasteiger partial charge in [0.15, 0.2) is 0 Å². The molecule has 0 unspecified atom stereocenters. The Bertz CT molecular complexity index is 258. The second kappa shape index (κ2) is 3.17. The average Bonchev–Trinajstić information content (AvgIpc) is 2.48. The van der Waals surface area contributed by atoms with Crippen LogP contribution >= 0.6 is 0 Å². The summed E-state index contributed by atoms with van der Waals surface area (Å²) in [6, 6.07) is 0. The molecule has 0 spiro atoms. The van der Waals surface area contributed by atoms with Crippen LogP contribution in [0.5, 0.6) is 0 Å². The molecule has 1 aliphatic rings. The minimum atomic E-state index is -0.882. The van der Waals surface area contributed by atoms with Gasteiger partial charge in [0.1, 0.15) is 6.61 Å². The van der Waals surface area contributed by atoms with E-state index in [4.69, 9.17) is 0 Å². The first kappa shape index (κ1) is 8.45. The van der Waals surface area contributed by atoms with Gasteiger partial charge in [0.25, 0.3) is 0 Å². The van der Waals surface area contributed by atoms with Crippen LogP contribution in [0.2, 0.25) is 0 Å². The lowest BCUT2D eigenvalue weighted by molar-refractivity contribution is -0.139. The van der Waals surface area contributed by atoms with Crippen molar-refractivity contribution in [1.82, 2.24) is 4.90 Å². The summed E-state index contributed by atoms with van der Waals surface area (Å²) >= 11 is 0. The number of imide groups is 1. The number of hydrogen-bond donors (Lipinski definition) is 0. The van der Waals surface area contributed by atoms with E-state index in [0.717, 1.165) is 11.0 Å². The number of carbonyl (C=O) groups excluding carboxylic acids is 3. The Balaban J connectivity index is 2.70. The van der Waals surface area contributed by atoms with Crippen molar-refractivity contribution in [2.24, 2.45) is 0 Å². The van der Waals surface area contributed by atoms with Crippen LogP contribution in [0.3, 0.4) is 0 Å². The minimum Gasteiger partial charge on any atom is -0.447 e. The smallest absolute Gasteiger partial charge is 0.417 e.